The zero-order chi connectivity index (χ0) is 7.56. The Balaban J connectivity index is 3.17. The number of hydrogen-bond acceptors (Lipinski definition) is 1. The van der Waals surface area contributed by atoms with Gasteiger partial charge in [0.05, 0.1) is 0 Å². The summed E-state index contributed by atoms with van der Waals surface area (Å²) in [6, 6.07) is 5.90. The van der Waals surface area contributed by atoms with Crippen molar-refractivity contribution in [3.8, 4) is 5.75 Å². The molecule has 0 saturated heterocycles. The second kappa shape index (κ2) is 2.93. The van der Waals surface area contributed by atoms with Crippen LogP contribution in [0.1, 0.15) is 11.1 Å². The van der Waals surface area contributed by atoms with Crippen molar-refractivity contribution in [2.45, 2.75) is 13.8 Å². The molecule has 0 bridgehead atoms. The monoisotopic (exact) mass is 156 g/mol. The van der Waals surface area contributed by atoms with Crippen LogP contribution in [0.2, 0.25) is 0 Å². The van der Waals surface area contributed by atoms with Crippen molar-refractivity contribution in [2.24, 2.45) is 0 Å². The zero-order valence-electron chi connectivity index (χ0n) is 6.02. The molecule has 0 fully saturated rings. The number of halogens is 1. The lowest BCUT2D eigenvalue weighted by Crippen LogP contribution is -1.84. The van der Waals surface area contributed by atoms with E-state index < -0.39 is 0 Å². The maximum Gasteiger partial charge on any atom is 0.152 e. The van der Waals surface area contributed by atoms with Crippen LogP contribution < -0.4 is 4.29 Å². The second-order valence-electron chi connectivity index (χ2n) is 2.30. The SMILES string of the molecule is Cc1cccc(C)c1OCl. The summed E-state index contributed by atoms with van der Waals surface area (Å²) in [7, 11) is 0. The van der Waals surface area contributed by atoms with Crippen molar-refractivity contribution in [2.75, 3.05) is 0 Å². The molecule has 0 atom stereocenters. The summed E-state index contributed by atoms with van der Waals surface area (Å²) in [6.45, 7) is 3.93. The molecule has 0 spiro atoms. The zero-order valence-corrected chi connectivity index (χ0v) is 6.77. The van der Waals surface area contributed by atoms with Gasteiger partial charge in [-0.05, 0) is 25.0 Å². The van der Waals surface area contributed by atoms with Crippen LogP contribution in [0.4, 0.5) is 0 Å². The Morgan fingerprint density at radius 2 is 1.70 bits per heavy atom. The maximum atomic E-state index is 5.24. The van der Waals surface area contributed by atoms with E-state index in [0.29, 0.717) is 0 Å². The van der Waals surface area contributed by atoms with Crippen LogP contribution in [-0.4, -0.2) is 0 Å². The van der Waals surface area contributed by atoms with Gasteiger partial charge in [0.25, 0.3) is 0 Å². The van der Waals surface area contributed by atoms with Gasteiger partial charge in [0.15, 0.2) is 5.75 Å². The molecule has 0 heterocycles. The fraction of sp³-hybridized carbons (Fsp3) is 0.250. The van der Waals surface area contributed by atoms with Gasteiger partial charge in [-0.1, -0.05) is 18.2 Å². The highest BCUT2D eigenvalue weighted by Crippen LogP contribution is 2.22. The van der Waals surface area contributed by atoms with Crippen LogP contribution >= 0.6 is 11.9 Å². The normalized spacial score (nSPS) is 9.50. The molecule has 2 heteroatoms. The summed E-state index contributed by atoms with van der Waals surface area (Å²) in [4.78, 5) is 0. The smallest absolute Gasteiger partial charge is 0.152 e. The first-order valence-electron chi connectivity index (χ1n) is 3.10. The standard InChI is InChI=1S/C8H9ClO/c1-6-4-3-5-7(2)8(6)10-9/h3-5H,1-2H3. The van der Waals surface area contributed by atoms with Crippen molar-refractivity contribution in [1.29, 1.82) is 0 Å². The van der Waals surface area contributed by atoms with E-state index in [4.69, 9.17) is 11.9 Å². The minimum Gasteiger partial charge on any atom is -0.385 e. The van der Waals surface area contributed by atoms with Gasteiger partial charge in [-0.25, -0.2) is 0 Å². The van der Waals surface area contributed by atoms with Gasteiger partial charge in [0.2, 0.25) is 0 Å². The van der Waals surface area contributed by atoms with E-state index >= 15 is 0 Å². The highest BCUT2D eigenvalue weighted by molar-refractivity contribution is 6.09. The quantitative estimate of drug-likeness (QED) is 0.608. The molecule has 0 N–H and O–H groups in total. The number of benzene rings is 1. The lowest BCUT2D eigenvalue weighted by molar-refractivity contribution is 0.607. The van der Waals surface area contributed by atoms with Crippen molar-refractivity contribution in [1.82, 2.24) is 0 Å². The molecule has 0 saturated carbocycles. The van der Waals surface area contributed by atoms with E-state index in [1.54, 1.807) is 0 Å². The third kappa shape index (κ3) is 1.24. The molecule has 0 unspecified atom stereocenters. The third-order valence-electron chi connectivity index (χ3n) is 1.49. The molecule has 0 aliphatic carbocycles. The van der Waals surface area contributed by atoms with Gasteiger partial charge in [-0.3, -0.25) is 0 Å². The Labute approximate surface area is 65.8 Å². The molecule has 1 nitrogen and oxygen atoms in total. The van der Waals surface area contributed by atoms with Gasteiger partial charge in [0.1, 0.15) is 11.9 Å². The van der Waals surface area contributed by atoms with Gasteiger partial charge >= 0.3 is 0 Å². The summed E-state index contributed by atoms with van der Waals surface area (Å²) >= 11 is 5.24. The molecular weight excluding hydrogens is 148 g/mol. The van der Waals surface area contributed by atoms with E-state index in [-0.39, 0.29) is 0 Å². The van der Waals surface area contributed by atoms with E-state index in [1.165, 1.54) is 0 Å². The van der Waals surface area contributed by atoms with Gasteiger partial charge in [-0.15, -0.1) is 0 Å². The second-order valence-corrected chi connectivity index (χ2v) is 2.45. The molecule has 0 amide bonds. The first-order chi connectivity index (χ1) is 4.75. The van der Waals surface area contributed by atoms with E-state index in [9.17, 15) is 0 Å². The molecule has 0 aliphatic rings. The van der Waals surface area contributed by atoms with Crippen molar-refractivity contribution < 1.29 is 4.29 Å². The van der Waals surface area contributed by atoms with Gasteiger partial charge in [0, 0.05) is 0 Å². The van der Waals surface area contributed by atoms with Crippen LogP contribution in [0.25, 0.3) is 0 Å². The summed E-state index contributed by atoms with van der Waals surface area (Å²) in [5.41, 5.74) is 2.13. The predicted molar refractivity (Wildman–Crippen MR) is 42.4 cm³/mol. The van der Waals surface area contributed by atoms with E-state index in [1.807, 2.05) is 32.0 Å². The van der Waals surface area contributed by atoms with Gasteiger partial charge < -0.3 is 4.29 Å². The molecule has 0 aromatic heterocycles. The maximum absolute atomic E-state index is 5.24. The fourth-order valence-electron chi connectivity index (χ4n) is 0.921. The lowest BCUT2D eigenvalue weighted by atomic mass is 10.1. The average molecular weight is 157 g/mol. The third-order valence-corrected chi connectivity index (χ3v) is 1.64. The van der Waals surface area contributed by atoms with Gasteiger partial charge in [-0.2, -0.15) is 0 Å². The number of aryl methyl sites for hydroxylation is 2. The fourth-order valence-corrected chi connectivity index (χ4v) is 1.16. The number of rotatable bonds is 1. The molecule has 1 aromatic rings. The molecule has 54 valence electrons. The van der Waals surface area contributed by atoms with E-state index in [0.717, 1.165) is 16.9 Å². The van der Waals surface area contributed by atoms with Crippen molar-refractivity contribution in [3.05, 3.63) is 29.3 Å². The van der Waals surface area contributed by atoms with Crippen molar-refractivity contribution in [3.63, 3.8) is 0 Å². The molecule has 1 rings (SSSR count). The number of hydrogen-bond donors (Lipinski definition) is 0. The Morgan fingerprint density at radius 1 is 1.20 bits per heavy atom. The first-order valence-corrected chi connectivity index (χ1v) is 3.41. The first kappa shape index (κ1) is 7.42. The highest BCUT2D eigenvalue weighted by Gasteiger charge is 2.00. The Morgan fingerprint density at radius 3 is 2.00 bits per heavy atom. The molecule has 1 aromatic carbocycles. The molecule has 10 heavy (non-hydrogen) atoms. The highest BCUT2D eigenvalue weighted by atomic mass is 35.5. The summed E-state index contributed by atoms with van der Waals surface area (Å²) in [6.07, 6.45) is 0. The van der Waals surface area contributed by atoms with Crippen LogP contribution in [-0.2, 0) is 0 Å². The number of para-hydroxylation sites is 1. The minimum atomic E-state index is 0.768. The minimum absolute atomic E-state index is 0.768. The molecular formula is C8H9ClO. The van der Waals surface area contributed by atoms with E-state index in [2.05, 4.69) is 4.29 Å². The van der Waals surface area contributed by atoms with Crippen LogP contribution in [0, 0.1) is 13.8 Å². The Bertz CT molecular complexity index is 212. The summed E-state index contributed by atoms with van der Waals surface area (Å²) < 4.78 is 4.65. The molecule has 0 aliphatic heterocycles. The average Bonchev–Trinajstić information content (AvgIpc) is 1.88. The lowest BCUT2D eigenvalue weighted by Gasteiger charge is -2.03. The predicted octanol–water partition coefficient (Wildman–Crippen LogP) is 2.84. The molecule has 0 radical (unpaired) electrons. The topological polar surface area (TPSA) is 9.23 Å². The van der Waals surface area contributed by atoms with Crippen LogP contribution in [0.3, 0.4) is 0 Å². The largest absolute Gasteiger partial charge is 0.385 e. The Hall–Kier alpha value is -0.690. The summed E-state index contributed by atoms with van der Waals surface area (Å²) in [5, 5.41) is 0. The Kier molecular flexibility index (Phi) is 2.17. The summed E-state index contributed by atoms with van der Waals surface area (Å²) in [5.74, 6) is 0.768. The van der Waals surface area contributed by atoms with Crippen LogP contribution in [0.15, 0.2) is 18.2 Å². The van der Waals surface area contributed by atoms with Crippen molar-refractivity contribution >= 4 is 11.9 Å². The van der Waals surface area contributed by atoms with Crippen LogP contribution in [0.5, 0.6) is 5.75 Å².